The van der Waals surface area contributed by atoms with Crippen LogP contribution in [0.15, 0.2) is 66.7 Å². The number of fused-ring (bicyclic) bond motifs is 3. The summed E-state index contributed by atoms with van der Waals surface area (Å²) >= 11 is 6.01. The van der Waals surface area contributed by atoms with Crippen molar-refractivity contribution in [1.29, 1.82) is 0 Å². The number of hydrogen-bond donors (Lipinski definition) is 3. The first-order valence-corrected chi connectivity index (χ1v) is 14.1. The van der Waals surface area contributed by atoms with Crippen LogP contribution in [0.3, 0.4) is 0 Å². The van der Waals surface area contributed by atoms with E-state index in [0.717, 1.165) is 24.1 Å². The van der Waals surface area contributed by atoms with Crippen LogP contribution >= 0.6 is 11.6 Å². The molecule has 0 aliphatic carbocycles. The minimum Gasteiger partial charge on any atom is -0.493 e. The predicted octanol–water partition coefficient (Wildman–Crippen LogP) is 4.84. The second kappa shape index (κ2) is 12.0. The van der Waals surface area contributed by atoms with E-state index in [0.29, 0.717) is 35.9 Å². The number of H-pyrrole nitrogens is 1. The van der Waals surface area contributed by atoms with Crippen LogP contribution in [0.25, 0.3) is 10.9 Å². The Balaban J connectivity index is 1.48. The predicted molar refractivity (Wildman–Crippen MR) is 160 cm³/mol. The molecule has 1 aromatic heterocycles. The van der Waals surface area contributed by atoms with Crippen molar-refractivity contribution in [2.45, 2.75) is 32.6 Å². The third kappa shape index (κ3) is 5.57. The number of ether oxygens (including phenoxy) is 2. The van der Waals surface area contributed by atoms with Gasteiger partial charge >= 0.3 is 6.09 Å². The fourth-order valence-corrected chi connectivity index (χ4v) is 5.34. The number of nitrogens with zero attached hydrogens (tertiary/aromatic N) is 1. The number of hydrogen-bond acceptors (Lipinski definition) is 5. The quantitative estimate of drug-likeness (QED) is 0.255. The number of benzene rings is 3. The lowest BCUT2D eigenvalue weighted by atomic mass is 9.73. The summed E-state index contributed by atoms with van der Waals surface area (Å²) in [5.74, 6) is 1.05. The number of nitrogens with one attached hydrogen (secondary N) is 1. The van der Waals surface area contributed by atoms with Crippen molar-refractivity contribution in [2.75, 3.05) is 26.4 Å². The molecule has 1 aliphatic rings. The second-order valence-corrected chi connectivity index (χ2v) is 10.9. The molecule has 1 aliphatic heterocycles. The van der Waals surface area contributed by atoms with Gasteiger partial charge < -0.3 is 24.7 Å². The molecule has 2 heterocycles. The zero-order valence-corrected chi connectivity index (χ0v) is 23.6. The van der Waals surface area contributed by atoms with Crippen LogP contribution in [0.4, 0.5) is 4.79 Å². The summed E-state index contributed by atoms with van der Waals surface area (Å²) < 4.78 is 11.7. The van der Waals surface area contributed by atoms with E-state index in [4.69, 9.17) is 21.1 Å². The SMILES string of the molecule is CBc1ccc2[nH]c3c(c2c1)CCN(C(=O)Oc1ccc(Cl)cc1)C3c1ccc(OCC(CC)(CO)CO)cc1. The summed E-state index contributed by atoms with van der Waals surface area (Å²) in [6.45, 7) is 4.44. The van der Waals surface area contributed by atoms with Crippen molar-refractivity contribution in [1.82, 2.24) is 9.88 Å². The average molecular weight is 561 g/mol. The number of amides is 1. The van der Waals surface area contributed by atoms with E-state index in [-0.39, 0.29) is 25.9 Å². The molecule has 208 valence electrons. The van der Waals surface area contributed by atoms with Gasteiger partial charge in [0.05, 0.1) is 25.2 Å². The fourth-order valence-electron chi connectivity index (χ4n) is 5.21. The van der Waals surface area contributed by atoms with E-state index in [1.165, 1.54) is 16.4 Å². The molecule has 5 rings (SSSR count). The van der Waals surface area contributed by atoms with Crippen LogP contribution in [0.5, 0.6) is 11.5 Å². The highest BCUT2D eigenvalue weighted by atomic mass is 35.5. The van der Waals surface area contributed by atoms with E-state index in [1.54, 1.807) is 29.2 Å². The number of carbonyl (C=O) groups excluding carboxylic acids is 1. The first-order chi connectivity index (χ1) is 19.4. The molecule has 3 aromatic carbocycles. The van der Waals surface area contributed by atoms with Gasteiger partial charge in [0.1, 0.15) is 17.5 Å². The molecule has 0 fully saturated rings. The third-order valence-electron chi connectivity index (χ3n) is 8.01. The number of rotatable bonds is 9. The van der Waals surface area contributed by atoms with Gasteiger partial charge in [0.2, 0.25) is 0 Å². The summed E-state index contributed by atoms with van der Waals surface area (Å²) in [5.41, 5.74) is 4.72. The van der Waals surface area contributed by atoms with Crippen LogP contribution in [0, 0.1) is 5.41 Å². The number of aliphatic hydroxyl groups excluding tert-OH is 2. The summed E-state index contributed by atoms with van der Waals surface area (Å²) in [4.78, 5) is 18.9. The lowest BCUT2D eigenvalue weighted by molar-refractivity contribution is 0.0114. The average Bonchev–Trinajstić information content (AvgIpc) is 3.37. The van der Waals surface area contributed by atoms with Crippen LogP contribution in [0.2, 0.25) is 11.8 Å². The molecule has 0 spiro atoms. The highest BCUT2D eigenvalue weighted by molar-refractivity contribution is 6.52. The van der Waals surface area contributed by atoms with Crippen molar-refractivity contribution in [3.8, 4) is 11.5 Å². The van der Waals surface area contributed by atoms with Gasteiger partial charge in [-0.2, -0.15) is 0 Å². The normalized spacial score (nSPS) is 15.1. The molecule has 40 heavy (non-hydrogen) atoms. The number of aliphatic hydroxyl groups is 2. The fraction of sp³-hybridized carbons (Fsp3) is 0.323. The Bertz CT molecular complexity index is 1460. The minimum atomic E-state index is -0.694. The van der Waals surface area contributed by atoms with Gasteiger partial charge in [0.15, 0.2) is 7.28 Å². The van der Waals surface area contributed by atoms with Gasteiger partial charge in [-0.25, -0.2) is 4.79 Å². The van der Waals surface area contributed by atoms with Crippen molar-refractivity contribution < 1.29 is 24.5 Å². The van der Waals surface area contributed by atoms with Gasteiger partial charge in [-0.1, -0.05) is 55.1 Å². The maximum Gasteiger partial charge on any atom is 0.416 e. The largest absolute Gasteiger partial charge is 0.493 e. The molecule has 0 bridgehead atoms. The zero-order valence-electron chi connectivity index (χ0n) is 22.8. The first-order valence-electron chi connectivity index (χ1n) is 13.7. The van der Waals surface area contributed by atoms with Crippen LogP contribution in [-0.4, -0.2) is 59.8 Å². The molecule has 0 saturated carbocycles. The zero-order chi connectivity index (χ0) is 28.3. The van der Waals surface area contributed by atoms with Crippen molar-refractivity contribution in [3.05, 3.63) is 88.6 Å². The lowest BCUT2D eigenvalue weighted by Gasteiger charge is -2.35. The Kier molecular flexibility index (Phi) is 8.40. The molecule has 7 nitrogen and oxygen atoms in total. The summed E-state index contributed by atoms with van der Waals surface area (Å²) in [6, 6.07) is 20.5. The van der Waals surface area contributed by atoms with E-state index in [1.807, 2.05) is 31.2 Å². The van der Waals surface area contributed by atoms with Crippen molar-refractivity contribution in [2.24, 2.45) is 5.41 Å². The van der Waals surface area contributed by atoms with Crippen LogP contribution < -0.4 is 14.9 Å². The molecule has 1 unspecified atom stereocenters. The van der Waals surface area contributed by atoms with Gasteiger partial charge in [-0.15, -0.1) is 0 Å². The van der Waals surface area contributed by atoms with E-state index < -0.39 is 11.5 Å². The number of aromatic amines is 1. The second-order valence-electron chi connectivity index (χ2n) is 10.4. The molecule has 4 aromatic rings. The van der Waals surface area contributed by atoms with Gasteiger partial charge in [0.25, 0.3) is 0 Å². The minimum absolute atomic E-state index is 0.159. The molecule has 1 amide bonds. The highest BCUT2D eigenvalue weighted by Gasteiger charge is 2.36. The topological polar surface area (TPSA) is 95.0 Å². The summed E-state index contributed by atoms with van der Waals surface area (Å²) in [5, 5.41) is 21.3. The number of carbonyl (C=O) groups is 1. The van der Waals surface area contributed by atoms with Crippen LogP contribution in [0.1, 0.15) is 36.2 Å². The van der Waals surface area contributed by atoms with Gasteiger partial charge in [0, 0.05) is 28.2 Å². The maximum atomic E-state index is 13.5. The Morgan fingerprint density at radius 1 is 1.07 bits per heavy atom. The first kappa shape index (κ1) is 28.1. The molecule has 0 saturated heterocycles. The van der Waals surface area contributed by atoms with Gasteiger partial charge in [-0.05, 0) is 66.4 Å². The smallest absolute Gasteiger partial charge is 0.416 e. The monoisotopic (exact) mass is 560 g/mol. The Hall–Kier alpha value is -3.46. The molecule has 0 radical (unpaired) electrons. The van der Waals surface area contributed by atoms with Crippen molar-refractivity contribution in [3.63, 3.8) is 0 Å². The summed E-state index contributed by atoms with van der Waals surface area (Å²) in [7, 11) is 0.951. The van der Waals surface area contributed by atoms with Gasteiger partial charge in [-0.3, -0.25) is 4.90 Å². The summed E-state index contributed by atoms with van der Waals surface area (Å²) in [6.07, 6.45) is 0.857. The Morgan fingerprint density at radius 2 is 1.77 bits per heavy atom. The van der Waals surface area contributed by atoms with E-state index in [2.05, 4.69) is 30.0 Å². The molecule has 3 N–H and O–H groups in total. The Morgan fingerprint density at radius 3 is 2.42 bits per heavy atom. The molecule has 9 heteroatoms. The number of halogens is 1. The maximum absolute atomic E-state index is 13.5. The lowest BCUT2D eigenvalue weighted by Crippen LogP contribution is -2.42. The molecular formula is C31H34BClN2O5. The van der Waals surface area contributed by atoms with Crippen molar-refractivity contribution >= 4 is 41.3 Å². The van der Waals surface area contributed by atoms with Crippen LogP contribution in [-0.2, 0) is 6.42 Å². The molecule has 1 atom stereocenters. The van der Waals surface area contributed by atoms with E-state index in [9.17, 15) is 15.0 Å². The highest BCUT2D eigenvalue weighted by Crippen LogP contribution is 2.39. The Labute approximate surface area is 239 Å². The van der Waals surface area contributed by atoms with E-state index >= 15 is 0 Å². The standard InChI is InChI=1S/C31H34BClN2O5/c1-3-31(17-36,18-37)19-39-23-9-4-20(5-10-23)29-28-25(26-16-21(32-2)6-13-27(26)34-28)14-15-35(29)30(38)40-24-11-7-22(33)8-12-24/h4-13,16,29,32,34,36-37H,3,14-15,17-19H2,1-2H3. The number of aromatic nitrogens is 1. The third-order valence-corrected chi connectivity index (χ3v) is 8.27. The molecular weight excluding hydrogens is 527 g/mol.